The lowest BCUT2D eigenvalue weighted by molar-refractivity contribution is 0.0583. The molecule has 1 aliphatic heterocycles. The molecule has 0 saturated carbocycles. The molecule has 2 rings (SSSR count). The summed E-state index contributed by atoms with van der Waals surface area (Å²) >= 11 is 3.22. The van der Waals surface area contributed by atoms with Crippen LogP contribution >= 0.6 is 15.9 Å². The van der Waals surface area contributed by atoms with E-state index in [0.29, 0.717) is 16.6 Å². The van der Waals surface area contributed by atoms with Crippen LogP contribution in [-0.2, 0) is 9.84 Å². The Balaban J connectivity index is 2.37. The number of halogens is 1. The quantitative estimate of drug-likeness (QED) is 0.860. The molecule has 0 unspecified atom stereocenters. The predicted octanol–water partition coefficient (Wildman–Crippen LogP) is 2.19. The van der Waals surface area contributed by atoms with Crippen molar-refractivity contribution in [2.75, 3.05) is 12.8 Å². The molecule has 5 nitrogen and oxygen atoms in total. The van der Waals surface area contributed by atoms with Crippen molar-refractivity contribution in [3.05, 3.63) is 28.2 Å². The van der Waals surface area contributed by atoms with Gasteiger partial charge in [-0.3, -0.25) is 4.79 Å². The zero-order valence-electron chi connectivity index (χ0n) is 12.8. The largest absolute Gasteiger partial charge is 0.334 e. The number of benzene rings is 1. The first kappa shape index (κ1) is 17.4. The van der Waals surface area contributed by atoms with Crippen LogP contribution in [0.4, 0.5) is 0 Å². The Morgan fingerprint density at radius 1 is 1.41 bits per heavy atom. The lowest BCUT2D eigenvalue weighted by Gasteiger charge is -2.38. The average Bonchev–Trinajstić information content (AvgIpc) is 2.45. The van der Waals surface area contributed by atoms with Crippen LogP contribution < -0.4 is 5.73 Å². The average molecular weight is 389 g/mol. The molecular formula is C15H21BrN2O3S. The first-order valence-electron chi connectivity index (χ1n) is 7.28. The van der Waals surface area contributed by atoms with Crippen molar-refractivity contribution < 1.29 is 13.2 Å². The molecule has 1 aromatic carbocycles. The Bertz CT molecular complexity index is 673. The van der Waals surface area contributed by atoms with Gasteiger partial charge in [0.1, 0.15) is 0 Å². The maximum Gasteiger partial charge on any atom is 0.254 e. The fraction of sp³-hybridized carbons (Fsp3) is 0.533. The van der Waals surface area contributed by atoms with Gasteiger partial charge in [0.15, 0.2) is 9.84 Å². The fourth-order valence-corrected chi connectivity index (χ4v) is 4.73. The summed E-state index contributed by atoms with van der Waals surface area (Å²) in [7, 11) is -3.39. The first-order valence-corrected chi connectivity index (χ1v) is 9.96. The zero-order chi connectivity index (χ0) is 16.5. The molecule has 0 aromatic heterocycles. The summed E-state index contributed by atoms with van der Waals surface area (Å²) in [4.78, 5) is 14.7. The minimum Gasteiger partial charge on any atom is -0.334 e. The highest BCUT2D eigenvalue weighted by Crippen LogP contribution is 2.26. The van der Waals surface area contributed by atoms with Crippen LogP contribution in [0.15, 0.2) is 27.6 Å². The standard InChI is InChI=1S/C15H21BrN2O3S/c1-10(17)13-5-3-4-8-18(13)15(19)11-6-7-12(16)14(9-11)22(2,20)21/h6-7,9-10,13H,3-5,8,17H2,1-2H3/t10-,13-/m0/s1. The van der Waals surface area contributed by atoms with Crippen LogP contribution in [0, 0.1) is 0 Å². The molecule has 1 aliphatic rings. The molecule has 1 heterocycles. The molecule has 0 spiro atoms. The third-order valence-electron chi connectivity index (χ3n) is 3.99. The second-order valence-corrected chi connectivity index (χ2v) is 8.68. The lowest BCUT2D eigenvalue weighted by atomic mass is 9.96. The molecule has 1 amide bonds. The van der Waals surface area contributed by atoms with Crippen molar-refractivity contribution in [1.29, 1.82) is 0 Å². The first-order chi connectivity index (χ1) is 10.2. The summed E-state index contributed by atoms with van der Waals surface area (Å²) in [6, 6.07) is 4.59. The number of rotatable bonds is 3. The lowest BCUT2D eigenvalue weighted by Crippen LogP contribution is -2.51. The van der Waals surface area contributed by atoms with Gasteiger partial charge in [-0.25, -0.2) is 8.42 Å². The molecule has 0 bridgehead atoms. The van der Waals surface area contributed by atoms with Gasteiger partial charge in [0.2, 0.25) is 0 Å². The van der Waals surface area contributed by atoms with E-state index in [1.165, 1.54) is 6.07 Å². The van der Waals surface area contributed by atoms with Crippen molar-refractivity contribution >= 4 is 31.7 Å². The van der Waals surface area contributed by atoms with Crippen LogP contribution in [-0.4, -0.2) is 44.1 Å². The molecule has 0 aliphatic carbocycles. The molecule has 2 atom stereocenters. The fourth-order valence-electron chi connectivity index (χ4n) is 2.84. The molecule has 0 radical (unpaired) electrons. The maximum absolute atomic E-state index is 12.8. The second-order valence-electron chi connectivity index (χ2n) is 5.84. The SMILES string of the molecule is C[C@H](N)[C@@H]1CCCCN1C(=O)c1ccc(Br)c(S(C)(=O)=O)c1. The van der Waals surface area contributed by atoms with Gasteiger partial charge in [0, 0.05) is 34.9 Å². The van der Waals surface area contributed by atoms with Crippen LogP contribution in [0.2, 0.25) is 0 Å². The van der Waals surface area contributed by atoms with Crippen LogP contribution in [0.3, 0.4) is 0 Å². The van der Waals surface area contributed by atoms with E-state index in [9.17, 15) is 13.2 Å². The number of amides is 1. The Hall–Kier alpha value is -0.920. The van der Waals surface area contributed by atoms with Gasteiger partial charge in [-0.1, -0.05) is 0 Å². The molecule has 1 saturated heterocycles. The van der Waals surface area contributed by atoms with E-state index in [4.69, 9.17) is 5.73 Å². The van der Waals surface area contributed by atoms with Gasteiger partial charge in [0.25, 0.3) is 5.91 Å². The third-order valence-corrected chi connectivity index (χ3v) is 6.09. The Kier molecular flexibility index (Phi) is 5.29. The summed E-state index contributed by atoms with van der Waals surface area (Å²) in [5.74, 6) is -0.153. The second kappa shape index (κ2) is 6.68. The Morgan fingerprint density at radius 2 is 2.09 bits per heavy atom. The number of carbonyl (C=O) groups excluding carboxylic acids is 1. The molecule has 2 N–H and O–H groups in total. The highest BCUT2D eigenvalue weighted by molar-refractivity contribution is 9.10. The predicted molar refractivity (Wildman–Crippen MR) is 89.6 cm³/mol. The number of hydrogen-bond acceptors (Lipinski definition) is 4. The molecule has 7 heteroatoms. The number of sulfone groups is 1. The van der Waals surface area contributed by atoms with Crippen molar-refractivity contribution in [3.8, 4) is 0 Å². The van der Waals surface area contributed by atoms with Crippen LogP contribution in [0.1, 0.15) is 36.5 Å². The molecule has 1 aromatic rings. The van der Waals surface area contributed by atoms with Crippen molar-refractivity contribution in [2.45, 2.75) is 43.2 Å². The number of carbonyl (C=O) groups is 1. The monoisotopic (exact) mass is 388 g/mol. The minimum absolute atomic E-state index is 0.00609. The topological polar surface area (TPSA) is 80.5 Å². The van der Waals surface area contributed by atoms with Crippen LogP contribution in [0.5, 0.6) is 0 Å². The highest BCUT2D eigenvalue weighted by atomic mass is 79.9. The third kappa shape index (κ3) is 3.70. The smallest absolute Gasteiger partial charge is 0.254 e. The maximum atomic E-state index is 12.8. The summed E-state index contributed by atoms with van der Waals surface area (Å²) in [5.41, 5.74) is 6.38. The van der Waals surface area contributed by atoms with Crippen LogP contribution in [0.25, 0.3) is 0 Å². The summed E-state index contributed by atoms with van der Waals surface area (Å²) in [6.07, 6.45) is 4.03. The number of likely N-dealkylation sites (tertiary alicyclic amines) is 1. The summed E-state index contributed by atoms with van der Waals surface area (Å²) in [5, 5.41) is 0. The Morgan fingerprint density at radius 3 is 2.68 bits per heavy atom. The normalized spacial score (nSPS) is 20.7. The van der Waals surface area contributed by atoms with Gasteiger partial charge in [-0.15, -0.1) is 0 Å². The van der Waals surface area contributed by atoms with Crippen molar-refractivity contribution in [2.24, 2.45) is 5.73 Å². The highest BCUT2D eigenvalue weighted by Gasteiger charge is 2.30. The Labute approximate surface area is 139 Å². The van der Waals surface area contributed by atoms with Crippen molar-refractivity contribution in [3.63, 3.8) is 0 Å². The van der Waals surface area contributed by atoms with Gasteiger partial charge in [-0.05, 0) is 60.3 Å². The van der Waals surface area contributed by atoms with E-state index in [2.05, 4.69) is 15.9 Å². The van der Waals surface area contributed by atoms with Gasteiger partial charge >= 0.3 is 0 Å². The number of piperidine rings is 1. The van der Waals surface area contributed by atoms with Crippen molar-refractivity contribution in [1.82, 2.24) is 4.90 Å². The van der Waals surface area contributed by atoms with E-state index in [-0.39, 0.29) is 22.9 Å². The van der Waals surface area contributed by atoms with E-state index in [0.717, 1.165) is 25.5 Å². The van der Waals surface area contributed by atoms with E-state index >= 15 is 0 Å². The summed E-state index contributed by atoms with van der Waals surface area (Å²) in [6.45, 7) is 2.56. The minimum atomic E-state index is -3.39. The number of nitrogens with zero attached hydrogens (tertiary/aromatic N) is 1. The molecule has 122 valence electrons. The molecule has 22 heavy (non-hydrogen) atoms. The van der Waals surface area contributed by atoms with E-state index in [1.807, 2.05) is 6.92 Å². The van der Waals surface area contributed by atoms with Gasteiger partial charge in [0.05, 0.1) is 4.90 Å². The molecular weight excluding hydrogens is 368 g/mol. The van der Waals surface area contributed by atoms with Gasteiger partial charge < -0.3 is 10.6 Å². The molecule has 1 fully saturated rings. The van der Waals surface area contributed by atoms with E-state index in [1.54, 1.807) is 17.0 Å². The zero-order valence-corrected chi connectivity index (χ0v) is 15.2. The summed E-state index contributed by atoms with van der Waals surface area (Å²) < 4.78 is 24.1. The number of nitrogens with two attached hydrogens (primary N) is 1. The number of hydrogen-bond donors (Lipinski definition) is 1. The van der Waals surface area contributed by atoms with Gasteiger partial charge in [-0.2, -0.15) is 0 Å². The van der Waals surface area contributed by atoms with E-state index < -0.39 is 9.84 Å².